The van der Waals surface area contributed by atoms with Crippen molar-refractivity contribution in [3.05, 3.63) is 64.1 Å². The van der Waals surface area contributed by atoms with E-state index in [0.717, 1.165) is 15.7 Å². The van der Waals surface area contributed by atoms with Gasteiger partial charge in [0.05, 0.1) is 6.54 Å². The molecule has 2 aromatic rings. The molecule has 1 amide bonds. The monoisotopic (exact) mass is 346 g/mol. The number of aryl methyl sites for hydroxylation is 1. The smallest absolute Gasteiger partial charge is 0.238 e. The molecule has 0 saturated heterocycles. The molecule has 2 rings (SSSR count). The fraction of sp³-hybridized carbons (Fsp3) is 0.235. The van der Waals surface area contributed by atoms with Crippen LogP contribution in [0.5, 0.6) is 0 Å². The van der Waals surface area contributed by atoms with Crippen LogP contribution in [-0.4, -0.2) is 12.5 Å². The first-order valence-electron chi connectivity index (χ1n) is 6.90. The van der Waals surface area contributed by atoms with Gasteiger partial charge < -0.3 is 10.6 Å². The van der Waals surface area contributed by atoms with E-state index in [4.69, 9.17) is 0 Å². The fourth-order valence-electron chi connectivity index (χ4n) is 2.02. The number of nitrogens with one attached hydrogen (secondary N) is 2. The van der Waals surface area contributed by atoms with Gasteiger partial charge >= 0.3 is 0 Å². The Kier molecular flexibility index (Phi) is 5.53. The molecule has 0 spiro atoms. The van der Waals surface area contributed by atoms with Gasteiger partial charge in [-0.2, -0.15) is 0 Å². The molecular formula is C17H19BrN2O. The Bertz CT molecular complexity index is 610. The van der Waals surface area contributed by atoms with Gasteiger partial charge in [-0.05, 0) is 37.6 Å². The molecule has 0 unspecified atom stereocenters. The van der Waals surface area contributed by atoms with Gasteiger partial charge in [-0.1, -0.05) is 51.8 Å². The highest BCUT2D eigenvalue weighted by Crippen LogP contribution is 2.22. The van der Waals surface area contributed by atoms with Crippen molar-refractivity contribution in [2.24, 2.45) is 0 Å². The van der Waals surface area contributed by atoms with Crippen LogP contribution in [-0.2, 0) is 4.79 Å². The molecule has 1 atom stereocenters. The normalized spacial score (nSPS) is 12.0. The van der Waals surface area contributed by atoms with Gasteiger partial charge in [0.25, 0.3) is 0 Å². The lowest BCUT2D eigenvalue weighted by molar-refractivity contribution is -0.115. The number of anilines is 1. The summed E-state index contributed by atoms with van der Waals surface area (Å²) in [5.41, 5.74) is 3.13. The largest absolute Gasteiger partial charge is 0.325 e. The van der Waals surface area contributed by atoms with Gasteiger partial charge in [-0.15, -0.1) is 0 Å². The molecule has 0 radical (unpaired) electrons. The molecule has 0 aliphatic carbocycles. The number of carbonyl (C=O) groups is 1. The van der Waals surface area contributed by atoms with Crippen LogP contribution in [0.15, 0.2) is 53.0 Å². The zero-order valence-electron chi connectivity index (χ0n) is 12.2. The van der Waals surface area contributed by atoms with Gasteiger partial charge in [0.15, 0.2) is 0 Å². The second kappa shape index (κ2) is 7.38. The first-order valence-corrected chi connectivity index (χ1v) is 7.70. The van der Waals surface area contributed by atoms with Crippen molar-refractivity contribution in [2.45, 2.75) is 19.9 Å². The van der Waals surface area contributed by atoms with Crippen LogP contribution in [0.1, 0.15) is 24.1 Å². The summed E-state index contributed by atoms with van der Waals surface area (Å²) in [6.45, 7) is 4.34. The minimum atomic E-state index is -0.0437. The van der Waals surface area contributed by atoms with E-state index in [0.29, 0.717) is 0 Å². The Labute approximate surface area is 133 Å². The zero-order valence-corrected chi connectivity index (χ0v) is 13.8. The Morgan fingerprint density at radius 3 is 2.48 bits per heavy atom. The molecule has 2 aromatic carbocycles. The van der Waals surface area contributed by atoms with Gasteiger partial charge in [-0.3, -0.25) is 4.79 Å². The van der Waals surface area contributed by atoms with Crippen LogP contribution in [0.3, 0.4) is 0 Å². The quantitative estimate of drug-likeness (QED) is 0.857. The fourth-order valence-corrected chi connectivity index (χ4v) is 2.65. The Morgan fingerprint density at radius 1 is 1.14 bits per heavy atom. The van der Waals surface area contributed by atoms with Crippen LogP contribution < -0.4 is 10.6 Å². The van der Waals surface area contributed by atoms with E-state index >= 15 is 0 Å². The molecule has 0 aliphatic heterocycles. The number of hydrogen-bond acceptors (Lipinski definition) is 2. The predicted octanol–water partition coefficient (Wildman–Crippen LogP) is 4.05. The van der Waals surface area contributed by atoms with E-state index in [2.05, 4.69) is 26.6 Å². The van der Waals surface area contributed by atoms with E-state index in [9.17, 15) is 4.79 Å². The summed E-state index contributed by atoms with van der Waals surface area (Å²) < 4.78 is 1.05. The maximum absolute atomic E-state index is 11.9. The van der Waals surface area contributed by atoms with Crippen LogP contribution in [0.25, 0.3) is 0 Å². The van der Waals surface area contributed by atoms with E-state index in [1.165, 1.54) is 5.56 Å². The molecule has 110 valence electrons. The Hall–Kier alpha value is -1.65. The molecule has 0 saturated carbocycles. The van der Waals surface area contributed by atoms with E-state index in [1.54, 1.807) is 0 Å². The van der Waals surface area contributed by atoms with Crippen molar-refractivity contribution < 1.29 is 4.79 Å². The van der Waals surface area contributed by atoms with E-state index in [1.807, 2.05) is 62.4 Å². The van der Waals surface area contributed by atoms with E-state index in [-0.39, 0.29) is 18.5 Å². The summed E-state index contributed by atoms with van der Waals surface area (Å²) in [4.78, 5) is 11.9. The molecule has 0 fully saturated rings. The summed E-state index contributed by atoms with van der Waals surface area (Å²) >= 11 is 3.52. The summed E-state index contributed by atoms with van der Waals surface area (Å²) in [5, 5.41) is 6.11. The standard InChI is InChI=1S/C17H19BrN2O/c1-12-7-9-14(10-8-12)20-17(21)11-19-13(2)15-5-3-4-6-16(15)18/h3-10,13,19H,11H2,1-2H3,(H,20,21)/t13-/m0/s1. The van der Waals surface area contributed by atoms with Crippen LogP contribution in [0.4, 0.5) is 5.69 Å². The third-order valence-electron chi connectivity index (χ3n) is 3.28. The highest BCUT2D eigenvalue weighted by Gasteiger charge is 2.10. The molecule has 3 nitrogen and oxygen atoms in total. The average Bonchev–Trinajstić information content (AvgIpc) is 2.48. The van der Waals surface area contributed by atoms with Gasteiger partial charge in [0, 0.05) is 16.2 Å². The molecule has 4 heteroatoms. The number of halogens is 1. The average molecular weight is 347 g/mol. The zero-order chi connectivity index (χ0) is 15.2. The lowest BCUT2D eigenvalue weighted by Gasteiger charge is -2.15. The second-order valence-electron chi connectivity index (χ2n) is 5.04. The second-order valence-corrected chi connectivity index (χ2v) is 5.89. The topological polar surface area (TPSA) is 41.1 Å². The lowest BCUT2D eigenvalue weighted by atomic mass is 10.1. The highest BCUT2D eigenvalue weighted by molar-refractivity contribution is 9.10. The molecule has 0 aliphatic rings. The molecule has 21 heavy (non-hydrogen) atoms. The molecule has 2 N–H and O–H groups in total. The van der Waals surface area contributed by atoms with Crippen molar-refractivity contribution in [3.63, 3.8) is 0 Å². The van der Waals surface area contributed by atoms with Crippen LogP contribution in [0.2, 0.25) is 0 Å². The number of amides is 1. The maximum Gasteiger partial charge on any atom is 0.238 e. The van der Waals surface area contributed by atoms with Crippen molar-refractivity contribution >= 4 is 27.5 Å². The first-order chi connectivity index (χ1) is 10.1. The summed E-state index contributed by atoms with van der Waals surface area (Å²) in [6.07, 6.45) is 0. The van der Waals surface area contributed by atoms with Gasteiger partial charge in [0.1, 0.15) is 0 Å². The molecule has 0 aromatic heterocycles. The third kappa shape index (κ3) is 4.69. The third-order valence-corrected chi connectivity index (χ3v) is 4.00. The van der Waals surface area contributed by atoms with E-state index < -0.39 is 0 Å². The number of hydrogen-bond donors (Lipinski definition) is 2. The van der Waals surface area contributed by atoms with Crippen LogP contribution in [0, 0.1) is 6.92 Å². The predicted molar refractivity (Wildman–Crippen MR) is 90.4 cm³/mol. The van der Waals surface area contributed by atoms with Crippen molar-refractivity contribution in [1.29, 1.82) is 0 Å². The molecule has 0 heterocycles. The molecule has 0 bridgehead atoms. The van der Waals surface area contributed by atoms with Crippen molar-refractivity contribution in [3.8, 4) is 0 Å². The Balaban J connectivity index is 1.86. The first kappa shape index (κ1) is 15.7. The summed E-state index contributed by atoms with van der Waals surface area (Å²) in [5.74, 6) is -0.0437. The van der Waals surface area contributed by atoms with Crippen molar-refractivity contribution in [2.75, 3.05) is 11.9 Å². The summed E-state index contributed by atoms with van der Waals surface area (Å²) in [7, 11) is 0. The maximum atomic E-state index is 11.9. The van der Waals surface area contributed by atoms with Gasteiger partial charge in [-0.25, -0.2) is 0 Å². The number of rotatable bonds is 5. The summed E-state index contributed by atoms with van der Waals surface area (Å²) in [6, 6.07) is 15.9. The van der Waals surface area contributed by atoms with Crippen LogP contribution >= 0.6 is 15.9 Å². The SMILES string of the molecule is Cc1ccc(NC(=O)CN[C@@H](C)c2ccccc2Br)cc1. The lowest BCUT2D eigenvalue weighted by Crippen LogP contribution is -2.30. The van der Waals surface area contributed by atoms with Gasteiger partial charge in [0.2, 0.25) is 5.91 Å². The Morgan fingerprint density at radius 2 is 1.81 bits per heavy atom. The molecular weight excluding hydrogens is 328 g/mol. The number of benzene rings is 2. The number of carbonyl (C=O) groups excluding carboxylic acids is 1. The van der Waals surface area contributed by atoms with Crippen molar-refractivity contribution in [1.82, 2.24) is 5.32 Å². The minimum Gasteiger partial charge on any atom is -0.325 e. The minimum absolute atomic E-state index is 0.0437. The highest BCUT2D eigenvalue weighted by atomic mass is 79.9.